The Labute approximate surface area is 196 Å². The lowest BCUT2D eigenvalue weighted by Crippen LogP contribution is -2.00. The monoisotopic (exact) mass is 433 g/mol. The Kier molecular flexibility index (Phi) is 3.91. The molecule has 0 unspecified atom stereocenters. The molecule has 3 heteroatoms. The Morgan fingerprint density at radius 1 is 0.500 bits per heavy atom. The normalized spacial score (nSPS) is 11.5. The first-order valence-electron chi connectivity index (χ1n) is 11.3. The van der Waals surface area contributed by atoms with Gasteiger partial charge >= 0.3 is 0 Å². The smallest absolute Gasteiger partial charge is 0.189 e. The maximum absolute atomic E-state index is 7.54. The first kappa shape index (κ1) is 18.7. The Hall–Kier alpha value is -4.81. The number of nitrogens with zero attached hydrogens (tertiary/aromatic N) is 3. The third-order valence-electron chi connectivity index (χ3n) is 6.71. The van der Waals surface area contributed by atoms with Crippen LogP contribution >= 0.6 is 0 Å². The van der Waals surface area contributed by atoms with E-state index in [9.17, 15) is 0 Å². The summed E-state index contributed by atoms with van der Waals surface area (Å²) in [6.07, 6.45) is 0. The van der Waals surface area contributed by atoms with Crippen molar-refractivity contribution in [3.05, 3.63) is 127 Å². The number of para-hydroxylation sites is 4. The van der Waals surface area contributed by atoms with Crippen molar-refractivity contribution in [3.8, 4) is 11.4 Å². The molecule has 0 amide bonds. The third-order valence-corrected chi connectivity index (χ3v) is 6.71. The lowest BCUT2D eigenvalue weighted by atomic mass is 10.1. The average molecular weight is 434 g/mol. The topological polar surface area (TPSA) is 14.2 Å². The molecule has 0 spiro atoms. The SMILES string of the molecule is [C-]#[N+]c1cccc(-n2c3ccccc3c3cccc(-n4c5ccccc5c5ccccc54)c32)c1. The maximum Gasteiger partial charge on any atom is 0.189 e. The van der Waals surface area contributed by atoms with Crippen molar-refractivity contribution in [3.63, 3.8) is 0 Å². The second-order valence-electron chi connectivity index (χ2n) is 8.53. The van der Waals surface area contributed by atoms with E-state index in [2.05, 4.69) is 111 Å². The van der Waals surface area contributed by atoms with E-state index in [0.29, 0.717) is 5.69 Å². The predicted molar refractivity (Wildman–Crippen MR) is 141 cm³/mol. The van der Waals surface area contributed by atoms with Gasteiger partial charge in [0.05, 0.1) is 34.3 Å². The summed E-state index contributed by atoms with van der Waals surface area (Å²) in [6.45, 7) is 7.54. The number of fused-ring (bicyclic) bond motifs is 6. The molecule has 158 valence electrons. The highest BCUT2D eigenvalue weighted by molar-refractivity contribution is 6.15. The Morgan fingerprint density at radius 2 is 1.03 bits per heavy atom. The lowest BCUT2D eigenvalue weighted by molar-refractivity contribution is 1.13. The fraction of sp³-hybridized carbons (Fsp3) is 0. The van der Waals surface area contributed by atoms with Crippen LogP contribution in [-0.2, 0) is 0 Å². The van der Waals surface area contributed by atoms with Crippen LogP contribution in [0.1, 0.15) is 0 Å². The second-order valence-corrected chi connectivity index (χ2v) is 8.53. The average Bonchev–Trinajstić information content (AvgIpc) is 3.42. The molecule has 2 heterocycles. The highest BCUT2D eigenvalue weighted by atomic mass is 15.1. The fourth-order valence-corrected chi connectivity index (χ4v) is 5.33. The van der Waals surface area contributed by atoms with Gasteiger partial charge in [-0.25, -0.2) is 4.85 Å². The van der Waals surface area contributed by atoms with Crippen molar-refractivity contribution in [2.75, 3.05) is 0 Å². The van der Waals surface area contributed by atoms with E-state index < -0.39 is 0 Å². The molecule has 0 aliphatic rings. The molecule has 0 bridgehead atoms. The van der Waals surface area contributed by atoms with Gasteiger partial charge in [0.1, 0.15) is 0 Å². The highest BCUT2D eigenvalue weighted by Crippen LogP contribution is 2.39. The molecule has 0 radical (unpaired) electrons. The van der Waals surface area contributed by atoms with Crippen molar-refractivity contribution in [2.24, 2.45) is 0 Å². The van der Waals surface area contributed by atoms with E-state index in [1.807, 2.05) is 18.2 Å². The van der Waals surface area contributed by atoms with Crippen LogP contribution < -0.4 is 0 Å². The van der Waals surface area contributed by atoms with Crippen LogP contribution in [-0.4, -0.2) is 9.13 Å². The van der Waals surface area contributed by atoms with Crippen LogP contribution in [0.3, 0.4) is 0 Å². The Bertz CT molecular complexity index is 1870. The van der Waals surface area contributed by atoms with E-state index in [4.69, 9.17) is 6.57 Å². The van der Waals surface area contributed by atoms with Crippen LogP contribution in [0.5, 0.6) is 0 Å². The van der Waals surface area contributed by atoms with Crippen LogP contribution in [0.2, 0.25) is 0 Å². The zero-order valence-electron chi connectivity index (χ0n) is 18.3. The standard InChI is InChI=1S/C31H19N3/c1-32-21-10-8-11-22(20-21)33-27-16-5-4-14-25(27)26-15-9-19-30(31(26)33)34-28-17-6-2-12-23(28)24-13-3-7-18-29(24)34/h2-20H. The minimum absolute atomic E-state index is 0.637. The van der Waals surface area contributed by atoms with Gasteiger partial charge < -0.3 is 9.13 Å². The van der Waals surface area contributed by atoms with Crippen LogP contribution in [0.4, 0.5) is 5.69 Å². The summed E-state index contributed by atoms with van der Waals surface area (Å²) in [5.74, 6) is 0. The molecule has 5 aromatic carbocycles. The predicted octanol–water partition coefficient (Wildman–Crippen LogP) is 8.43. The summed E-state index contributed by atoms with van der Waals surface area (Å²) in [7, 11) is 0. The van der Waals surface area contributed by atoms with Crippen LogP contribution in [0.15, 0.2) is 115 Å². The first-order chi connectivity index (χ1) is 16.8. The summed E-state index contributed by atoms with van der Waals surface area (Å²) >= 11 is 0. The number of rotatable bonds is 2. The molecule has 0 saturated heterocycles. The van der Waals surface area contributed by atoms with Gasteiger partial charge in [-0.1, -0.05) is 78.9 Å². The fourth-order valence-electron chi connectivity index (χ4n) is 5.33. The van der Waals surface area contributed by atoms with Crippen molar-refractivity contribution >= 4 is 49.3 Å². The zero-order chi connectivity index (χ0) is 22.6. The largest absolute Gasteiger partial charge is 0.308 e. The third kappa shape index (κ3) is 2.51. The Balaban J connectivity index is 1.71. The van der Waals surface area contributed by atoms with Crippen LogP contribution in [0.25, 0.3) is 59.8 Å². The highest BCUT2D eigenvalue weighted by Gasteiger charge is 2.19. The summed E-state index contributed by atoms with van der Waals surface area (Å²) in [5, 5.41) is 4.89. The van der Waals surface area contributed by atoms with Gasteiger partial charge in [-0.05, 0) is 36.4 Å². The van der Waals surface area contributed by atoms with Crippen molar-refractivity contribution in [2.45, 2.75) is 0 Å². The van der Waals surface area contributed by atoms with E-state index >= 15 is 0 Å². The van der Waals surface area contributed by atoms with Gasteiger partial charge in [-0.2, -0.15) is 0 Å². The molecule has 0 saturated carbocycles. The molecule has 0 fully saturated rings. The second kappa shape index (κ2) is 7.10. The maximum atomic E-state index is 7.54. The van der Waals surface area contributed by atoms with E-state index in [0.717, 1.165) is 22.4 Å². The van der Waals surface area contributed by atoms with E-state index in [-0.39, 0.29) is 0 Å². The summed E-state index contributed by atoms with van der Waals surface area (Å²) < 4.78 is 4.68. The molecule has 0 atom stereocenters. The van der Waals surface area contributed by atoms with Crippen molar-refractivity contribution < 1.29 is 0 Å². The number of aromatic nitrogens is 2. The molecule has 0 N–H and O–H groups in total. The van der Waals surface area contributed by atoms with Crippen molar-refractivity contribution in [1.29, 1.82) is 0 Å². The Morgan fingerprint density at radius 3 is 1.68 bits per heavy atom. The lowest BCUT2D eigenvalue weighted by Gasteiger charge is -2.14. The van der Waals surface area contributed by atoms with Crippen molar-refractivity contribution in [1.82, 2.24) is 9.13 Å². The van der Waals surface area contributed by atoms with Gasteiger partial charge in [0, 0.05) is 27.2 Å². The minimum Gasteiger partial charge on any atom is -0.308 e. The molecule has 0 aliphatic heterocycles. The van der Waals surface area contributed by atoms with Gasteiger partial charge in [-0.15, -0.1) is 0 Å². The van der Waals surface area contributed by atoms with Gasteiger partial charge in [0.2, 0.25) is 0 Å². The molecule has 2 aromatic heterocycles. The zero-order valence-corrected chi connectivity index (χ0v) is 18.3. The van der Waals surface area contributed by atoms with Gasteiger partial charge in [0.25, 0.3) is 0 Å². The molecule has 7 rings (SSSR count). The summed E-state index contributed by atoms with van der Waals surface area (Å²) in [5.41, 5.74) is 7.39. The quantitative estimate of drug-likeness (QED) is 0.243. The van der Waals surface area contributed by atoms with Gasteiger partial charge in [0.15, 0.2) is 5.69 Å². The molecular formula is C31H19N3. The molecule has 3 nitrogen and oxygen atoms in total. The molecule has 34 heavy (non-hydrogen) atoms. The first-order valence-corrected chi connectivity index (χ1v) is 11.3. The van der Waals surface area contributed by atoms with Crippen LogP contribution in [0, 0.1) is 6.57 Å². The summed E-state index contributed by atoms with van der Waals surface area (Å²) in [6, 6.07) is 40.2. The molecule has 7 aromatic rings. The number of hydrogen-bond acceptors (Lipinski definition) is 0. The molecular weight excluding hydrogens is 414 g/mol. The van der Waals surface area contributed by atoms with E-state index in [1.54, 1.807) is 0 Å². The number of benzene rings is 5. The van der Waals surface area contributed by atoms with Gasteiger partial charge in [-0.3, -0.25) is 0 Å². The minimum atomic E-state index is 0.637. The van der Waals surface area contributed by atoms with E-state index in [1.165, 1.54) is 32.6 Å². The summed E-state index contributed by atoms with van der Waals surface area (Å²) in [4.78, 5) is 3.69. The number of hydrogen-bond donors (Lipinski definition) is 0. The molecule has 0 aliphatic carbocycles.